The molecule has 1 aromatic heterocycles. The zero-order valence-electron chi connectivity index (χ0n) is 10.1. The lowest BCUT2D eigenvalue weighted by molar-refractivity contribution is -0.384. The predicted molar refractivity (Wildman–Crippen MR) is 85.7 cm³/mol. The van der Waals surface area contributed by atoms with Crippen LogP contribution in [0.1, 0.15) is 10.4 Å². The molecule has 1 amide bonds. The summed E-state index contributed by atoms with van der Waals surface area (Å²) in [6.45, 7) is 0. The minimum atomic E-state index is -0.643. The topological polar surface area (TPSA) is 85.1 Å². The maximum Gasteiger partial charge on any atom is 0.311 e. The lowest BCUT2D eigenvalue weighted by Gasteiger charge is -2.07. The van der Waals surface area contributed by atoms with Crippen LogP contribution in [-0.2, 0) is 0 Å². The number of hydrogen-bond donors (Lipinski definition) is 1. The Morgan fingerprint density at radius 3 is 2.62 bits per heavy atom. The minimum absolute atomic E-state index is 0.0470. The van der Waals surface area contributed by atoms with E-state index in [1.807, 2.05) is 0 Å². The molecule has 0 atom stereocenters. The minimum Gasteiger partial charge on any atom is -0.301 e. The van der Waals surface area contributed by atoms with E-state index in [4.69, 9.17) is 11.6 Å². The molecule has 0 radical (unpaired) electrons. The van der Waals surface area contributed by atoms with E-state index in [0.717, 1.165) is 4.47 Å². The number of hydrogen-bond acceptors (Lipinski definition) is 4. The van der Waals surface area contributed by atoms with Crippen molar-refractivity contribution in [2.24, 2.45) is 0 Å². The van der Waals surface area contributed by atoms with E-state index in [2.05, 4.69) is 42.2 Å². The summed E-state index contributed by atoms with van der Waals surface area (Å²) in [5, 5.41) is 13.4. The smallest absolute Gasteiger partial charge is 0.301 e. The van der Waals surface area contributed by atoms with Gasteiger partial charge < -0.3 is 5.32 Å². The number of nitrogens with one attached hydrogen (secondary N) is 1. The van der Waals surface area contributed by atoms with Crippen molar-refractivity contribution in [2.45, 2.75) is 0 Å². The maximum atomic E-state index is 12.2. The second-order valence-electron chi connectivity index (χ2n) is 3.84. The first-order chi connectivity index (χ1) is 9.88. The average molecular weight is 435 g/mol. The molecule has 0 aliphatic rings. The molecule has 1 heterocycles. The number of benzene rings is 1. The number of nitro groups is 1. The van der Waals surface area contributed by atoms with E-state index in [1.54, 1.807) is 18.2 Å². The zero-order valence-corrected chi connectivity index (χ0v) is 14.1. The molecule has 108 valence electrons. The fraction of sp³-hybridized carbons (Fsp3) is 0. The van der Waals surface area contributed by atoms with Gasteiger partial charge in [-0.1, -0.05) is 27.5 Å². The number of halogens is 3. The highest BCUT2D eigenvalue weighted by molar-refractivity contribution is 9.11. The second kappa shape index (κ2) is 6.50. The molecule has 0 aliphatic heterocycles. The van der Waals surface area contributed by atoms with Crippen LogP contribution < -0.4 is 5.32 Å². The average Bonchev–Trinajstić information content (AvgIpc) is 2.37. The molecular weight excluding hydrogens is 429 g/mol. The quantitative estimate of drug-likeness (QED) is 0.439. The summed E-state index contributed by atoms with van der Waals surface area (Å²) in [5.74, 6) is -0.737. The van der Waals surface area contributed by atoms with Crippen molar-refractivity contribution in [3.8, 4) is 0 Å². The molecule has 6 nitrogen and oxygen atoms in total. The summed E-state index contributed by atoms with van der Waals surface area (Å²) in [6.07, 6.45) is 0. The maximum absolute atomic E-state index is 12.2. The SMILES string of the molecule is O=C(Nc1nc(Cl)ccc1[N+](=O)[O-])c1ccc(Br)cc1Br. The Morgan fingerprint density at radius 2 is 2.00 bits per heavy atom. The second-order valence-corrected chi connectivity index (χ2v) is 5.99. The molecular formula is C12H6Br2ClN3O3. The van der Waals surface area contributed by atoms with Crippen LogP contribution >= 0.6 is 43.5 Å². The number of carbonyl (C=O) groups excluding carboxylic acids is 1. The molecule has 0 bridgehead atoms. The van der Waals surface area contributed by atoms with Crippen molar-refractivity contribution >= 4 is 60.9 Å². The van der Waals surface area contributed by atoms with Gasteiger partial charge in [-0.15, -0.1) is 0 Å². The first kappa shape index (κ1) is 15.9. The van der Waals surface area contributed by atoms with Gasteiger partial charge in [0.25, 0.3) is 5.91 Å². The van der Waals surface area contributed by atoms with Crippen molar-refractivity contribution in [1.82, 2.24) is 4.98 Å². The molecule has 0 spiro atoms. The third-order valence-electron chi connectivity index (χ3n) is 2.44. The van der Waals surface area contributed by atoms with Crippen LogP contribution in [0.5, 0.6) is 0 Å². The zero-order chi connectivity index (χ0) is 15.6. The Morgan fingerprint density at radius 1 is 1.29 bits per heavy atom. The predicted octanol–water partition coefficient (Wildman–Crippen LogP) is 4.42. The normalized spacial score (nSPS) is 10.2. The Balaban J connectivity index is 2.35. The third-order valence-corrected chi connectivity index (χ3v) is 3.80. The third kappa shape index (κ3) is 3.78. The van der Waals surface area contributed by atoms with Crippen LogP contribution in [0.2, 0.25) is 5.15 Å². The van der Waals surface area contributed by atoms with Crippen molar-refractivity contribution in [3.05, 3.63) is 60.1 Å². The van der Waals surface area contributed by atoms with Crippen LogP contribution in [-0.4, -0.2) is 15.8 Å². The molecule has 21 heavy (non-hydrogen) atoms. The lowest BCUT2D eigenvalue weighted by Crippen LogP contribution is -2.15. The highest BCUT2D eigenvalue weighted by Gasteiger charge is 2.19. The molecule has 0 saturated carbocycles. The lowest BCUT2D eigenvalue weighted by atomic mass is 10.2. The highest BCUT2D eigenvalue weighted by atomic mass is 79.9. The number of nitrogens with zero attached hydrogens (tertiary/aromatic N) is 2. The van der Waals surface area contributed by atoms with Crippen LogP contribution in [0.25, 0.3) is 0 Å². The van der Waals surface area contributed by atoms with E-state index < -0.39 is 10.8 Å². The number of anilines is 1. The summed E-state index contributed by atoms with van der Waals surface area (Å²) in [5.41, 5.74) is -0.0183. The molecule has 9 heteroatoms. The van der Waals surface area contributed by atoms with Gasteiger partial charge in [-0.05, 0) is 40.2 Å². The fourth-order valence-electron chi connectivity index (χ4n) is 1.52. The Kier molecular flexibility index (Phi) is 4.92. The monoisotopic (exact) mass is 433 g/mol. The number of rotatable bonds is 3. The van der Waals surface area contributed by atoms with E-state index in [9.17, 15) is 14.9 Å². The molecule has 0 fully saturated rings. The van der Waals surface area contributed by atoms with Crippen LogP contribution in [0.3, 0.4) is 0 Å². The largest absolute Gasteiger partial charge is 0.311 e. The Hall–Kier alpha value is -1.51. The van der Waals surface area contributed by atoms with Crippen molar-refractivity contribution < 1.29 is 9.72 Å². The van der Waals surface area contributed by atoms with Gasteiger partial charge in [0.1, 0.15) is 5.15 Å². The summed E-state index contributed by atoms with van der Waals surface area (Å²) in [4.78, 5) is 26.2. The first-order valence-corrected chi connectivity index (χ1v) is 7.42. The Labute approximate surface area is 140 Å². The number of aromatic nitrogens is 1. The van der Waals surface area contributed by atoms with Gasteiger partial charge in [-0.25, -0.2) is 4.98 Å². The van der Waals surface area contributed by atoms with E-state index in [0.29, 0.717) is 10.0 Å². The van der Waals surface area contributed by atoms with Crippen molar-refractivity contribution in [2.75, 3.05) is 5.32 Å². The summed E-state index contributed by atoms with van der Waals surface area (Å²) in [7, 11) is 0. The van der Waals surface area contributed by atoms with Gasteiger partial charge in [0.05, 0.1) is 10.5 Å². The molecule has 0 saturated heterocycles. The standard InChI is InChI=1S/C12H6Br2ClN3O3/c13-6-1-2-7(8(14)5-6)12(19)17-11-9(18(20)21)3-4-10(15)16-11/h1-5H,(H,16,17,19). The van der Waals surface area contributed by atoms with Crippen LogP contribution in [0.4, 0.5) is 11.5 Å². The number of amides is 1. The van der Waals surface area contributed by atoms with Gasteiger partial charge in [0, 0.05) is 15.0 Å². The number of pyridine rings is 1. The molecule has 0 unspecified atom stereocenters. The molecule has 2 rings (SSSR count). The van der Waals surface area contributed by atoms with Gasteiger partial charge >= 0.3 is 5.69 Å². The van der Waals surface area contributed by atoms with Gasteiger partial charge in [0.15, 0.2) is 0 Å². The first-order valence-electron chi connectivity index (χ1n) is 5.46. The molecule has 1 aromatic carbocycles. The summed E-state index contributed by atoms with van der Waals surface area (Å²) >= 11 is 12.2. The molecule has 2 aromatic rings. The molecule has 1 N–H and O–H groups in total. The summed E-state index contributed by atoms with van der Waals surface area (Å²) < 4.78 is 1.33. The molecule has 0 aliphatic carbocycles. The van der Waals surface area contributed by atoms with Gasteiger partial charge in [-0.2, -0.15) is 0 Å². The van der Waals surface area contributed by atoms with E-state index in [1.165, 1.54) is 12.1 Å². The van der Waals surface area contributed by atoms with E-state index in [-0.39, 0.29) is 16.7 Å². The van der Waals surface area contributed by atoms with Crippen LogP contribution in [0, 0.1) is 10.1 Å². The highest BCUT2D eigenvalue weighted by Crippen LogP contribution is 2.26. The van der Waals surface area contributed by atoms with Crippen molar-refractivity contribution in [3.63, 3.8) is 0 Å². The number of carbonyl (C=O) groups is 1. The van der Waals surface area contributed by atoms with E-state index >= 15 is 0 Å². The summed E-state index contributed by atoms with van der Waals surface area (Å²) in [6, 6.07) is 7.40. The van der Waals surface area contributed by atoms with Gasteiger partial charge in [-0.3, -0.25) is 14.9 Å². The van der Waals surface area contributed by atoms with Gasteiger partial charge in [0.2, 0.25) is 5.82 Å². The van der Waals surface area contributed by atoms with Crippen molar-refractivity contribution in [1.29, 1.82) is 0 Å². The van der Waals surface area contributed by atoms with Crippen LogP contribution in [0.15, 0.2) is 39.3 Å². The Bertz CT molecular complexity index is 740. The fourth-order valence-corrected chi connectivity index (χ4v) is 2.89.